The summed E-state index contributed by atoms with van der Waals surface area (Å²) in [6, 6.07) is 3.69. The molecule has 5 nitrogen and oxygen atoms in total. The molecule has 76 valence electrons. The van der Waals surface area contributed by atoms with Gasteiger partial charge in [0.2, 0.25) is 0 Å². The molecular formula is C10H9N3O2. The first-order valence-electron chi connectivity index (χ1n) is 4.45. The average Bonchev–Trinajstić information content (AvgIpc) is 2.62. The molecule has 2 N–H and O–H groups in total. The topological polar surface area (TPSA) is 78.9 Å². The minimum Gasteiger partial charge on any atom is -0.481 e. The Balaban J connectivity index is 2.28. The van der Waals surface area contributed by atoms with Crippen molar-refractivity contribution in [3.63, 3.8) is 0 Å². The van der Waals surface area contributed by atoms with Crippen molar-refractivity contribution in [1.82, 2.24) is 15.2 Å². The van der Waals surface area contributed by atoms with Crippen molar-refractivity contribution in [2.45, 2.75) is 6.42 Å². The van der Waals surface area contributed by atoms with E-state index in [1.807, 2.05) is 12.1 Å². The van der Waals surface area contributed by atoms with Crippen LogP contribution in [-0.2, 0) is 4.79 Å². The zero-order valence-corrected chi connectivity index (χ0v) is 7.84. The Hall–Kier alpha value is -2.17. The zero-order chi connectivity index (χ0) is 10.7. The number of hydrogen-bond acceptors (Lipinski definition) is 3. The van der Waals surface area contributed by atoms with E-state index in [1.54, 1.807) is 18.3 Å². The van der Waals surface area contributed by atoms with Gasteiger partial charge in [0.15, 0.2) is 5.65 Å². The van der Waals surface area contributed by atoms with Crippen LogP contribution < -0.4 is 0 Å². The van der Waals surface area contributed by atoms with Crippen LogP contribution >= 0.6 is 0 Å². The number of hydrogen-bond donors (Lipinski definition) is 2. The Kier molecular flexibility index (Phi) is 2.45. The molecule has 0 spiro atoms. The lowest BCUT2D eigenvalue weighted by Crippen LogP contribution is -1.89. The van der Waals surface area contributed by atoms with Gasteiger partial charge in [-0.2, -0.15) is 5.10 Å². The van der Waals surface area contributed by atoms with E-state index in [0.717, 1.165) is 11.1 Å². The lowest BCUT2D eigenvalue weighted by Gasteiger charge is -1.88. The van der Waals surface area contributed by atoms with Gasteiger partial charge in [0.25, 0.3) is 0 Å². The second-order valence-electron chi connectivity index (χ2n) is 3.01. The third kappa shape index (κ3) is 2.01. The van der Waals surface area contributed by atoms with E-state index in [1.165, 1.54) is 0 Å². The quantitative estimate of drug-likeness (QED) is 0.791. The number of carboxylic acids is 1. The number of fused-ring (bicyclic) bond motifs is 1. The maximum Gasteiger partial charge on any atom is 0.307 e. The molecule has 0 atom stereocenters. The third-order valence-electron chi connectivity index (χ3n) is 1.94. The van der Waals surface area contributed by atoms with E-state index < -0.39 is 5.97 Å². The first-order chi connectivity index (χ1) is 7.27. The van der Waals surface area contributed by atoms with Gasteiger partial charge in [-0.05, 0) is 18.2 Å². The summed E-state index contributed by atoms with van der Waals surface area (Å²) in [6.45, 7) is 0. The predicted octanol–water partition coefficient (Wildman–Crippen LogP) is 1.45. The molecule has 0 bridgehead atoms. The zero-order valence-electron chi connectivity index (χ0n) is 7.84. The van der Waals surface area contributed by atoms with E-state index in [9.17, 15) is 4.79 Å². The van der Waals surface area contributed by atoms with Crippen LogP contribution in [0.15, 0.2) is 24.4 Å². The van der Waals surface area contributed by atoms with Crippen LogP contribution in [0.25, 0.3) is 17.1 Å². The maximum absolute atomic E-state index is 10.3. The number of nitrogens with one attached hydrogen (secondary N) is 1. The highest BCUT2D eigenvalue weighted by atomic mass is 16.4. The summed E-state index contributed by atoms with van der Waals surface area (Å²) >= 11 is 0. The largest absolute Gasteiger partial charge is 0.481 e. The Labute approximate surface area is 85.5 Å². The second-order valence-corrected chi connectivity index (χ2v) is 3.01. The summed E-state index contributed by atoms with van der Waals surface area (Å²) in [4.78, 5) is 14.4. The summed E-state index contributed by atoms with van der Waals surface area (Å²) in [7, 11) is 0. The summed E-state index contributed by atoms with van der Waals surface area (Å²) in [5.74, 6) is -0.854. The van der Waals surface area contributed by atoms with E-state index in [0.29, 0.717) is 5.65 Å². The van der Waals surface area contributed by atoms with Gasteiger partial charge in [0.05, 0.1) is 12.1 Å². The Morgan fingerprint density at radius 2 is 2.47 bits per heavy atom. The molecular weight excluding hydrogens is 194 g/mol. The van der Waals surface area contributed by atoms with E-state index >= 15 is 0 Å². The molecule has 0 aromatic carbocycles. The molecule has 2 rings (SSSR count). The Bertz CT molecular complexity index is 516. The summed E-state index contributed by atoms with van der Waals surface area (Å²) in [5.41, 5.74) is 1.41. The number of aliphatic carboxylic acids is 1. The van der Waals surface area contributed by atoms with E-state index in [4.69, 9.17) is 5.11 Å². The molecule has 0 amide bonds. The fraction of sp³-hybridized carbons (Fsp3) is 0.100. The van der Waals surface area contributed by atoms with E-state index in [-0.39, 0.29) is 6.42 Å². The molecule has 2 heterocycles. The smallest absolute Gasteiger partial charge is 0.307 e. The van der Waals surface area contributed by atoms with Gasteiger partial charge in [0, 0.05) is 11.6 Å². The van der Waals surface area contributed by atoms with Crippen LogP contribution in [0.5, 0.6) is 0 Å². The van der Waals surface area contributed by atoms with Crippen LogP contribution in [0.2, 0.25) is 0 Å². The van der Waals surface area contributed by atoms with Gasteiger partial charge in [-0.15, -0.1) is 0 Å². The Morgan fingerprint density at radius 1 is 1.60 bits per heavy atom. The van der Waals surface area contributed by atoms with Gasteiger partial charge in [0.1, 0.15) is 0 Å². The molecule has 0 aliphatic heterocycles. The van der Waals surface area contributed by atoms with Gasteiger partial charge in [-0.1, -0.05) is 6.08 Å². The Morgan fingerprint density at radius 3 is 3.27 bits per heavy atom. The first-order valence-corrected chi connectivity index (χ1v) is 4.45. The second kappa shape index (κ2) is 3.91. The highest BCUT2D eigenvalue weighted by Gasteiger charge is 2.01. The molecule has 2 aromatic heterocycles. The number of carbonyl (C=O) groups is 1. The van der Waals surface area contributed by atoms with Crippen LogP contribution in [0.4, 0.5) is 0 Å². The van der Waals surface area contributed by atoms with Crippen molar-refractivity contribution in [2.75, 3.05) is 0 Å². The van der Waals surface area contributed by atoms with E-state index in [2.05, 4.69) is 15.2 Å². The third-order valence-corrected chi connectivity index (χ3v) is 1.94. The van der Waals surface area contributed by atoms with Crippen molar-refractivity contribution in [2.24, 2.45) is 0 Å². The molecule has 0 unspecified atom stereocenters. The molecule has 5 heteroatoms. The molecule has 0 fully saturated rings. The van der Waals surface area contributed by atoms with Crippen molar-refractivity contribution >= 4 is 23.1 Å². The summed E-state index contributed by atoms with van der Waals surface area (Å²) in [5, 5.41) is 16.1. The molecule has 0 saturated carbocycles. The number of rotatable bonds is 3. The molecule has 0 radical (unpaired) electrons. The summed E-state index contributed by atoms with van der Waals surface area (Å²) in [6.07, 6.45) is 4.93. The van der Waals surface area contributed by atoms with Crippen molar-refractivity contribution in [3.8, 4) is 0 Å². The number of aromatic amines is 1. The normalized spacial score (nSPS) is 11.2. The SMILES string of the molecule is O=C(O)CC=Cc1[nH]nc2ncccc12. The minimum absolute atomic E-state index is 0.000769. The number of nitrogens with zero attached hydrogens (tertiary/aromatic N) is 2. The first kappa shape index (κ1) is 9.39. The van der Waals surface area contributed by atoms with Crippen LogP contribution in [0, 0.1) is 0 Å². The maximum atomic E-state index is 10.3. The molecule has 0 saturated heterocycles. The fourth-order valence-electron chi connectivity index (χ4n) is 1.27. The highest BCUT2D eigenvalue weighted by Crippen LogP contribution is 2.13. The van der Waals surface area contributed by atoms with Crippen molar-refractivity contribution < 1.29 is 9.90 Å². The lowest BCUT2D eigenvalue weighted by atomic mass is 10.2. The van der Waals surface area contributed by atoms with Gasteiger partial charge in [-0.3, -0.25) is 9.89 Å². The number of H-pyrrole nitrogens is 1. The van der Waals surface area contributed by atoms with Gasteiger partial charge < -0.3 is 5.11 Å². The number of aromatic nitrogens is 3. The molecule has 2 aromatic rings. The number of pyridine rings is 1. The molecule has 0 aliphatic rings. The van der Waals surface area contributed by atoms with Crippen LogP contribution in [0.3, 0.4) is 0 Å². The standard InChI is InChI=1S/C10H9N3O2/c14-9(15)5-1-4-8-7-3-2-6-11-10(7)13-12-8/h1-4,6H,5H2,(H,14,15)(H,11,12,13). The average molecular weight is 203 g/mol. The van der Waals surface area contributed by atoms with Crippen molar-refractivity contribution in [3.05, 3.63) is 30.1 Å². The van der Waals surface area contributed by atoms with Gasteiger partial charge in [-0.25, -0.2) is 4.98 Å². The van der Waals surface area contributed by atoms with Crippen LogP contribution in [0.1, 0.15) is 12.1 Å². The summed E-state index contributed by atoms with van der Waals surface area (Å²) < 4.78 is 0. The fourth-order valence-corrected chi connectivity index (χ4v) is 1.27. The molecule has 0 aliphatic carbocycles. The minimum atomic E-state index is -0.854. The predicted molar refractivity (Wildman–Crippen MR) is 55.2 cm³/mol. The van der Waals surface area contributed by atoms with Gasteiger partial charge >= 0.3 is 5.97 Å². The monoisotopic (exact) mass is 203 g/mol. The lowest BCUT2D eigenvalue weighted by molar-refractivity contribution is -0.135. The van der Waals surface area contributed by atoms with Crippen LogP contribution in [-0.4, -0.2) is 26.3 Å². The highest BCUT2D eigenvalue weighted by molar-refractivity contribution is 5.84. The number of carboxylic acid groups (broad SMARTS) is 1. The van der Waals surface area contributed by atoms with Crippen molar-refractivity contribution in [1.29, 1.82) is 0 Å². The molecule has 15 heavy (non-hydrogen) atoms.